The van der Waals surface area contributed by atoms with E-state index in [0.717, 1.165) is 19.3 Å². The second-order valence-corrected chi connectivity index (χ2v) is 8.07. The molecule has 1 aromatic rings. The van der Waals surface area contributed by atoms with Gasteiger partial charge in [-0.25, -0.2) is 8.42 Å². The zero-order valence-corrected chi connectivity index (χ0v) is 15.7. The van der Waals surface area contributed by atoms with Crippen molar-refractivity contribution in [3.05, 3.63) is 29.8 Å². The predicted molar refractivity (Wildman–Crippen MR) is 93.7 cm³/mol. The maximum absolute atomic E-state index is 13.0. The molecule has 0 aliphatic carbocycles. The number of benzene rings is 1. The topological polar surface area (TPSA) is 37.4 Å². The summed E-state index contributed by atoms with van der Waals surface area (Å²) in [4.78, 5) is 0.403. The van der Waals surface area contributed by atoms with E-state index in [9.17, 15) is 8.42 Å². The van der Waals surface area contributed by atoms with E-state index in [4.69, 9.17) is 0 Å². The van der Waals surface area contributed by atoms with E-state index in [-0.39, 0.29) is 12.1 Å². The fourth-order valence-electron chi connectivity index (χ4n) is 2.59. The Labute approximate surface area is 136 Å². The lowest BCUT2D eigenvalue weighted by molar-refractivity contribution is 0.262. The molecule has 3 nitrogen and oxygen atoms in total. The highest BCUT2D eigenvalue weighted by Crippen LogP contribution is 2.26. The number of nitrogens with zero attached hydrogens (tertiary/aromatic N) is 1. The van der Waals surface area contributed by atoms with E-state index >= 15 is 0 Å². The van der Waals surface area contributed by atoms with Gasteiger partial charge in [0.15, 0.2) is 0 Å². The SMILES string of the molecule is CCC(C)c1ccc(S(=O)(=O)N(C(C)CC)C(C)CC)cc1. The summed E-state index contributed by atoms with van der Waals surface area (Å²) >= 11 is 0. The average Bonchev–Trinajstić information content (AvgIpc) is 2.53. The third-order valence-corrected chi connectivity index (χ3v) is 6.83. The van der Waals surface area contributed by atoms with Crippen LogP contribution in [0.4, 0.5) is 0 Å². The van der Waals surface area contributed by atoms with Crippen LogP contribution in [0.2, 0.25) is 0 Å². The van der Waals surface area contributed by atoms with E-state index < -0.39 is 10.0 Å². The minimum absolute atomic E-state index is 0.00851. The van der Waals surface area contributed by atoms with Crippen LogP contribution in [0, 0.1) is 0 Å². The highest BCUT2D eigenvalue weighted by molar-refractivity contribution is 7.89. The molecule has 3 atom stereocenters. The smallest absolute Gasteiger partial charge is 0.207 e. The van der Waals surface area contributed by atoms with E-state index in [2.05, 4.69) is 13.8 Å². The fourth-order valence-corrected chi connectivity index (χ4v) is 4.56. The van der Waals surface area contributed by atoms with Crippen molar-refractivity contribution in [2.45, 2.75) is 83.7 Å². The van der Waals surface area contributed by atoms with Crippen molar-refractivity contribution in [1.82, 2.24) is 4.31 Å². The maximum atomic E-state index is 13.0. The molecule has 0 aromatic heterocycles. The number of sulfonamides is 1. The second kappa shape index (κ2) is 8.11. The van der Waals surface area contributed by atoms with Crippen LogP contribution in [0.5, 0.6) is 0 Å². The van der Waals surface area contributed by atoms with Crippen LogP contribution in [0.25, 0.3) is 0 Å². The van der Waals surface area contributed by atoms with Crippen molar-refractivity contribution in [3.63, 3.8) is 0 Å². The van der Waals surface area contributed by atoms with Crippen LogP contribution in [0.1, 0.15) is 72.3 Å². The summed E-state index contributed by atoms with van der Waals surface area (Å²) in [5.74, 6) is 0.456. The average molecular weight is 326 g/mol. The first-order valence-electron chi connectivity index (χ1n) is 8.42. The van der Waals surface area contributed by atoms with E-state index in [1.165, 1.54) is 5.56 Å². The minimum atomic E-state index is -3.44. The highest BCUT2D eigenvalue weighted by Gasteiger charge is 2.31. The molecule has 0 spiro atoms. The molecule has 0 fully saturated rings. The predicted octanol–water partition coefficient (Wildman–Crippen LogP) is 4.79. The van der Waals surface area contributed by atoms with Gasteiger partial charge in [0.2, 0.25) is 10.0 Å². The third-order valence-electron chi connectivity index (χ3n) is 4.69. The Balaban J connectivity index is 3.20. The van der Waals surface area contributed by atoms with Crippen molar-refractivity contribution < 1.29 is 8.42 Å². The molecular weight excluding hydrogens is 294 g/mol. The molecular formula is C18H31NO2S. The highest BCUT2D eigenvalue weighted by atomic mass is 32.2. The second-order valence-electron chi connectivity index (χ2n) is 6.23. The summed E-state index contributed by atoms with van der Waals surface area (Å²) in [7, 11) is -3.44. The minimum Gasteiger partial charge on any atom is -0.207 e. The lowest BCUT2D eigenvalue weighted by Gasteiger charge is -2.32. The van der Waals surface area contributed by atoms with Gasteiger partial charge in [-0.05, 0) is 56.7 Å². The van der Waals surface area contributed by atoms with Gasteiger partial charge in [-0.2, -0.15) is 4.31 Å². The third kappa shape index (κ3) is 4.11. The lowest BCUT2D eigenvalue weighted by atomic mass is 9.99. The molecule has 4 heteroatoms. The molecule has 1 aromatic carbocycles. The van der Waals surface area contributed by atoms with E-state index in [0.29, 0.717) is 10.8 Å². The van der Waals surface area contributed by atoms with Crippen molar-refractivity contribution in [2.75, 3.05) is 0 Å². The Morgan fingerprint density at radius 2 is 1.32 bits per heavy atom. The molecule has 126 valence electrons. The molecule has 0 bridgehead atoms. The Kier molecular flexibility index (Phi) is 7.07. The zero-order valence-electron chi connectivity index (χ0n) is 14.8. The maximum Gasteiger partial charge on any atom is 0.243 e. The Morgan fingerprint density at radius 3 is 1.68 bits per heavy atom. The van der Waals surface area contributed by atoms with Crippen LogP contribution >= 0.6 is 0 Å². The molecule has 0 aliphatic heterocycles. The van der Waals surface area contributed by atoms with Gasteiger partial charge in [0.25, 0.3) is 0 Å². The number of rotatable bonds is 8. The van der Waals surface area contributed by atoms with Gasteiger partial charge in [-0.1, -0.05) is 39.8 Å². The molecule has 0 saturated heterocycles. The summed E-state index contributed by atoms with van der Waals surface area (Å²) in [5.41, 5.74) is 1.19. The summed E-state index contributed by atoms with van der Waals surface area (Å²) < 4.78 is 27.7. The van der Waals surface area contributed by atoms with Crippen LogP contribution in [-0.4, -0.2) is 24.8 Å². The first-order valence-corrected chi connectivity index (χ1v) is 9.86. The van der Waals surface area contributed by atoms with Crippen molar-refractivity contribution in [1.29, 1.82) is 0 Å². The first kappa shape index (κ1) is 19.2. The van der Waals surface area contributed by atoms with Crippen LogP contribution in [0.3, 0.4) is 0 Å². The van der Waals surface area contributed by atoms with Crippen LogP contribution in [-0.2, 0) is 10.0 Å². The molecule has 0 amide bonds. The molecule has 1 rings (SSSR count). The van der Waals surface area contributed by atoms with Crippen molar-refractivity contribution in [2.24, 2.45) is 0 Å². The molecule has 0 radical (unpaired) electrons. The number of hydrogen-bond donors (Lipinski definition) is 0. The van der Waals surface area contributed by atoms with Gasteiger partial charge >= 0.3 is 0 Å². The fraction of sp³-hybridized carbons (Fsp3) is 0.667. The summed E-state index contributed by atoms with van der Waals surface area (Å²) in [6.45, 7) is 12.3. The molecule has 0 N–H and O–H groups in total. The van der Waals surface area contributed by atoms with Gasteiger partial charge < -0.3 is 0 Å². The largest absolute Gasteiger partial charge is 0.243 e. The quantitative estimate of drug-likeness (QED) is 0.689. The normalized spacial score (nSPS) is 16.5. The van der Waals surface area contributed by atoms with Crippen LogP contribution in [0.15, 0.2) is 29.2 Å². The molecule has 0 heterocycles. The standard InChI is InChI=1S/C18H31NO2S/c1-7-14(4)17-10-12-18(13-11-17)22(20,21)19(15(5)8-2)16(6)9-3/h10-16H,7-9H2,1-6H3. The zero-order chi connectivity index (χ0) is 16.9. The Bertz CT molecular complexity index is 541. The molecule has 0 aliphatic rings. The van der Waals surface area contributed by atoms with Crippen molar-refractivity contribution in [3.8, 4) is 0 Å². The number of hydrogen-bond acceptors (Lipinski definition) is 2. The molecule has 22 heavy (non-hydrogen) atoms. The van der Waals surface area contributed by atoms with Gasteiger partial charge in [0, 0.05) is 12.1 Å². The summed E-state index contributed by atoms with van der Waals surface area (Å²) in [5, 5.41) is 0. The van der Waals surface area contributed by atoms with Gasteiger partial charge in [0.05, 0.1) is 4.90 Å². The Hall–Kier alpha value is -0.870. The monoisotopic (exact) mass is 325 g/mol. The Morgan fingerprint density at radius 1 is 0.864 bits per heavy atom. The lowest BCUT2D eigenvalue weighted by Crippen LogP contribution is -2.44. The molecule has 0 saturated carbocycles. The van der Waals surface area contributed by atoms with Gasteiger partial charge in [-0.15, -0.1) is 0 Å². The van der Waals surface area contributed by atoms with E-state index in [1.54, 1.807) is 16.4 Å². The first-order chi connectivity index (χ1) is 10.3. The van der Waals surface area contributed by atoms with E-state index in [1.807, 2.05) is 39.8 Å². The molecule has 3 unspecified atom stereocenters. The summed E-state index contributed by atoms with van der Waals surface area (Å²) in [6, 6.07) is 7.44. The van der Waals surface area contributed by atoms with Crippen molar-refractivity contribution >= 4 is 10.0 Å². The van der Waals surface area contributed by atoms with Crippen LogP contribution < -0.4 is 0 Å². The van der Waals surface area contributed by atoms with Gasteiger partial charge in [-0.3, -0.25) is 0 Å². The van der Waals surface area contributed by atoms with Gasteiger partial charge in [0.1, 0.15) is 0 Å². The summed E-state index contributed by atoms with van der Waals surface area (Å²) in [6.07, 6.45) is 2.68.